The smallest absolute Gasteiger partial charge is 0.108 e. The SMILES string of the molecule is NCC(O)c1cncn1C1CC1. The highest BCUT2D eigenvalue weighted by Gasteiger charge is 2.26. The topological polar surface area (TPSA) is 64.1 Å². The summed E-state index contributed by atoms with van der Waals surface area (Å²) in [6.45, 7) is 0.262. The lowest BCUT2D eigenvalue weighted by Crippen LogP contribution is -2.15. The van der Waals surface area contributed by atoms with Crippen molar-refractivity contribution in [3.63, 3.8) is 0 Å². The minimum Gasteiger partial charge on any atom is -0.385 e. The number of aliphatic hydroxyl groups is 1. The fourth-order valence-corrected chi connectivity index (χ4v) is 1.35. The van der Waals surface area contributed by atoms with E-state index in [0.717, 1.165) is 5.69 Å². The molecule has 4 heteroatoms. The highest BCUT2D eigenvalue weighted by molar-refractivity contribution is 5.07. The molecule has 1 aromatic rings. The van der Waals surface area contributed by atoms with Gasteiger partial charge in [-0.05, 0) is 12.8 Å². The van der Waals surface area contributed by atoms with Gasteiger partial charge in [0.25, 0.3) is 0 Å². The van der Waals surface area contributed by atoms with Crippen molar-refractivity contribution in [1.82, 2.24) is 9.55 Å². The Morgan fingerprint density at radius 3 is 3.08 bits per heavy atom. The van der Waals surface area contributed by atoms with Gasteiger partial charge in [0.05, 0.1) is 18.2 Å². The molecule has 1 aliphatic rings. The Balaban J connectivity index is 2.23. The second kappa shape index (κ2) is 2.88. The van der Waals surface area contributed by atoms with Crippen LogP contribution in [0.25, 0.3) is 0 Å². The van der Waals surface area contributed by atoms with E-state index in [4.69, 9.17) is 5.73 Å². The molecule has 0 radical (unpaired) electrons. The third-order valence-electron chi connectivity index (χ3n) is 2.20. The van der Waals surface area contributed by atoms with E-state index in [9.17, 15) is 5.11 Å². The Kier molecular flexibility index (Phi) is 1.86. The summed E-state index contributed by atoms with van der Waals surface area (Å²) in [5, 5.41) is 9.49. The number of nitrogens with two attached hydrogens (primary N) is 1. The van der Waals surface area contributed by atoms with Crippen molar-refractivity contribution in [2.45, 2.75) is 25.0 Å². The average Bonchev–Trinajstić information content (AvgIpc) is 2.83. The molecule has 0 aliphatic heterocycles. The molecular formula is C8H13N3O. The minimum absolute atomic E-state index is 0.262. The Hall–Kier alpha value is -0.870. The summed E-state index contributed by atoms with van der Waals surface area (Å²) in [6.07, 6.45) is 5.29. The van der Waals surface area contributed by atoms with E-state index in [-0.39, 0.29) is 6.54 Å². The summed E-state index contributed by atoms with van der Waals surface area (Å²) < 4.78 is 2.03. The van der Waals surface area contributed by atoms with Gasteiger partial charge >= 0.3 is 0 Å². The molecule has 4 nitrogen and oxygen atoms in total. The number of hydrogen-bond donors (Lipinski definition) is 2. The summed E-state index contributed by atoms with van der Waals surface area (Å²) in [4.78, 5) is 4.00. The molecule has 0 amide bonds. The molecule has 0 bridgehead atoms. The first-order valence-electron chi connectivity index (χ1n) is 4.22. The van der Waals surface area contributed by atoms with Gasteiger partial charge in [-0.25, -0.2) is 4.98 Å². The summed E-state index contributed by atoms with van der Waals surface area (Å²) in [7, 11) is 0. The van der Waals surface area contributed by atoms with Crippen LogP contribution in [-0.4, -0.2) is 21.2 Å². The number of rotatable bonds is 3. The zero-order valence-corrected chi connectivity index (χ0v) is 6.85. The number of imidazole rings is 1. The van der Waals surface area contributed by atoms with Crippen molar-refractivity contribution in [3.05, 3.63) is 18.2 Å². The first kappa shape index (κ1) is 7.76. The first-order chi connectivity index (χ1) is 5.83. The predicted octanol–water partition coefficient (Wildman–Crippen LogP) is 0.210. The third kappa shape index (κ3) is 1.23. The second-order valence-corrected chi connectivity index (χ2v) is 3.21. The van der Waals surface area contributed by atoms with Gasteiger partial charge < -0.3 is 15.4 Å². The normalized spacial score (nSPS) is 19.5. The van der Waals surface area contributed by atoms with Crippen LogP contribution >= 0.6 is 0 Å². The van der Waals surface area contributed by atoms with Crippen molar-refractivity contribution in [2.75, 3.05) is 6.54 Å². The molecule has 2 rings (SSSR count). The number of aromatic nitrogens is 2. The number of hydrogen-bond acceptors (Lipinski definition) is 3. The van der Waals surface area contributed by atoms with E-state index in [0.29, 0.717) is 6.04 Å². The van der Waals surface area contributed by atoms with Crippen LogP contribution in [0.2, 0.25) is 0 Å². The lowest BCUT2D eigenvalue weighted by Gasteiger charge is -2.10. The molecule has 1 aromatic heterocycles. The summed E-state index contributed by atoms with van der Waals surface area (Å²) >= 11 is 0. The molecule has 1 saturated carbocycles. The monoisotopic (exact) mass is 167 g/mol. The van der Waals surface area contributed by atoms with Crippen molar-refractivity contribution in [2.24, 2.45) is 5.73 Å². The van der Waals surface area contributed by atoms with Crippen LogP contribution in [0.4, 0.5) is 0 Å². The van der Waals surface area contributed by atoms with Gasteiger partial charge in [-0.3, -0.25) is 0 Å². The Bertz CT molecular complexity index is 267. The third-order valence-corrected chi connectivity index (χ3v) is 2.20. The van der Waals surface area contributed by atoms with Gasteiger partial charge in [-0.2, -0.15) is 0 Å². The van der Waals surface area contributed by atoms with E-state index in [2.05, 4.69) is 4.98 Å². The van der Waals surface area contributed by atoms with Crippen LogP contribution < -0.4 is 5.73 Å². The fourth-order valence-electron chi connectivity index (χ4n) is 1.35. The van der Waals surface area contributed by atoms with E-state index in [1.807, 2.05) is 4.57 Å². The Labute approximate surface area is 71.0 Å². The second-order valence-electron chi connectivity index (χ2n) is 3.21. The maximum absolute atomic E-state index is 9.49. The molecule has 1 unspecified atom stereocenters. The van der Waals surface area contributed by atoms with Crippen molar-refractivity contribution >= 4 is 0 Å². The van der Waals surface area contributed by atoms with Gasteiger partial charge in [0.1, 0.15) is 6.10 Å². The molecule has 1 fully saturated rings. The molecule has 1 aliphatic carbocycles. The van der Waals surface area contributed by atoms with E-state index in [1.165, 1.54) is 12.8 Å². The zero-order valence-electron chi connectivity index (χ0n) is 6.85. The fraction of sp³-hybridized carbons (Fsp3) is 0.625. The molecule has 1 atom stereocenters. The summed E-state index contributed by atoms with van der Waals surface area (Å²) in [5.41, 5.74) is 6.21. The molecule has 12 heavy (non-hydrogen) atoms. The van der Waals surface area contributed by atoms with Gasteiger partial charge in [0, 0.05) is 12.6 Å². The average molecular weight is 167 g/mol. The van der Waals surface area contributed by atoms with E-state index < -0.39 is 6.10 Å². The standard InChI is InChI=1S/C8H13N3O/c9-3-8(12)7-4-10-5-11(7)6-1-2-6/h4-6,8,12H,1-3,9H2. The van der Waals surface area contributed by atoms with Crippen LogP contribution in [0.1, 0.15) is 30.7 Å². The molecule has 3 N–H and O–H groups in total. The molecular weight excluding hydrogens is 154 g/mol. The lowest BCUT2D eigenvalue weighted by molar-refractivity contribution is 0.177. The van der Waals surface area contributed by atoms with Crippen LogP contribution in [0, 0.1) is 0 Å². The molecule has 0 aromatic carbocycles. The van der Waals surface area contributed by atoms with Crippen LogP contribution in [-0.2, 0) is 0 Å². The first-order valence-corrected chi connectivity index (χ1v) is 4.22. The quantitative estimate of drug-likeness (QED) is 0.676. The van der Waals surface area contributed by atoms with Crippen molar-refractivity contribution in [1.29, 1.82) is 0 Å². The largest absolute Gasteiger partial charge is 0.385 e. The van der Waals surface area contributed by atoms with Crippen LogP contribution in [0.3, 0.4) is 0 Å². The Morgan fingerprint density at radius 2 is 2.50 bits per heavy atom. The van der Waals surface area contributed by atoms with E-state index in [1.54, 1.807) is 12.5 Å². The highest BCUT2D eigenvalue weighted by atomic mass is 16.3. The maximum atomic E-state index is 9.49. The van der Waals surface area contributed by atoms with Crippen molar-refractivity contribution in [3.8, 4) is 0 Å². The predicted molar refractivity (Wildman–Crippen MR) is 44.5 cm³/mol. The van der Waals surface area contributed by atoms with Crippen LogP contribution in [0.5, 0.6) is 0 Å². The lowest BCUT2D eigenvalue weighted by atomic mass is 10.2. The number of aliphatic hydroxyl groups excluding tert-OH is 1. The van der Waals surface area contributed by atoms with Gasteiger partial charge in [0.15, 0.2) is 0 Å². The van der Waals surface area contributed by atoms with Gasteiger partial charge in [0.2, 0.25) is 0 Å². The van der Waals surface area contributed by atoms with Crippen LogP contribution in [0.15, 0.2) is 12.5 Å². The summed E-state index contributed by atoms with van der Waals surface area (Å²) in [6, 6.07) is 0.559. The van der Waals surface area contributed by atoms with Gasteiger partial charge in [-0.1, -0.05) is 0 Å². The highest BCUT2D eigenvalue weighted by Crippen LogP contribution is 2.36. The molecule has 66 valence electrons. The number of nitrogens with zero attached hydrogens (tertiary/aromatic N) is 2. The molecule has 1 heterocycles. The zero-order chi connectivity index (χ0) is 8.55. The van der Waals surface area contributed by atoms with E-state index >= 15 is 0 Å². The van der Waals surface area contributed by atoms with Crippen molar-refractivity contribution < 1.29 is 5.11 Å². The molecule has 0 spiro atoms. The molecule has 0 saturated heterocycles. The minimum atomic E-state index is -0.562. The van der Waals surface area contributed by atoms with Gasteiger partial charge in [-0.15, -0.1) is 0 Å². The Morgan fingerprint density at radius 1 is 1.75 bits per heavy atom. The summed E-state index contributed by atoms with van der Waals surface area (Å²) in [5.74, 6) is 0. The maximum Gasteiger partial charge on any atom is 0.108 e.